The van der Waals surface area contributed by atoms with E-state index in [9.17, 15) is 9.59 Å². The highest BCUT2D eigenvalue weighted by molar-refractivity contribution is 6.30. The fourth-order valence-corrected chi connectivity index (χ4v) is 3.49. The van der Waals surface area contributed by atoms with Crippen LogP contribution in [0.4, 0.5) is 4.79 Å². The number of halogens is 1. The van der Waals surface area contributed by atoms with Crippen LogP contribution in [0.5, 0.6) is 0 Å². The van der Waals surface area contributed by atoms with Gasteiger partial charge in [-0.05, 0) is 38.2 Å². The molecule has 1 aromatic carbocycles. The predicted molar refractivity (Wildman–Crippen MR) is 91.1 cm³/mol. The first-order chi connectivity index (χ1) is 11.4. The molecule has 0 unspecified atom stereocenters. The lowest BCUT2D eigenvalue weighted by atomic mass is 10.1. The Morgan fingerprint density at radius 2 is 2.17 bits per heavy atom. The molecule has 2 atom stereocenters. The van der Waals surface area contributed by atoms with Crippen molar-refractivity contribution in [3.63, 3.8) is 0 Å². The van der Waals surface area contributed by atoms with Crippen LogP contribution in [0, 0.1) is 0 Å². The van der Waals surface area contributed by atoms with Crippen molar-refractivity contribution in [2.75, 3.05) is 40.3 Å². The van der Waals surface area contributed by atoms with Crippen LogP contribution in [0.15, 0.2) is 24.3 Å². The van der Waals surface area contributed by atoms with Crippen molar-refractivity contribution in [1.82, 2.24) is 14.7 Å². The molecule has 0 aliphatic carbocycles. The zero-order valence-corrected chi connectivity index (χ0v) is 14.7. The highest BCUT2D eigenvalue weighted by Gasteiger charge is 2.48. The van der Waals surface area contributed by atoms with Crippen LogP contribution in [0.25, 0.3) is 0 Å². The summed E-state index contributed by atoms with van der Waals surface area (Å²) in [5.74, 6) is 0.0697. The van der Waals surface area contributed by atoms with E-state index in [4.69, 9.17) is 16.3 Å². The molecule has 7 heteroatoms. The molecule has 0 radical (unpaired) electrons. The van der Waals surface area contributed by atoms with Crippen LogP contribution in [-0.4, -0.2) is 79.1 Å². The highest BCUT2D eigenvalue weighted by Crippen LogP contribution is 2.27. The van der Waals surface area contributed by atoms with Crippen molar-refractivity contribution in [3.8, 4) is 0 Å². The Labute approximate surface area is 146 Å². The third kappa shape index (κ3) is 3.65. The summed E-state index contributed by atoms with van der Waals surface area (Å²) in [5.41, 5.74) is 1.08. The molecule has 2 amide bonds. The largest absolute Gasteiger partial charge is 0.442 e. The lowest BCUT2D eigenvalue weighted by Crippen LogP contribution is -2.42. The average molecular weight is 352 g/mol. The average Bonchev–Trinajstić information content (AvgIpc) is 3.02. The first-order valence-corrected chi connectivity index (χ1v) is 8.46. The maximum Gasteiger partial charge on any atom is 0.410 e. The lowest BCUT2D eigenvalue weighted by molar-refractivity contribution is -0.131. The van der Waals surface area contributed by atoms with Crippen molar-refractivity contribution in [2.45, 2.75) is 18.6 Å². The maximum absolute atomic E-state index is 12.2. The summed E-state index contributed by atoms with van der Waals surface area (Å²) in [6.45, 7) is 1.96. The molecule has 2 aliphatic heterocycles. The molecule has 3 rings (SSSR count). The van der Waals surface area contributed by atoms with Gasteiger partial charge in [-0.15, -0.1) is 0 Å². The van der Waals surface area contributed by atoms with Gasteiger partial charge in [0.25, 0.3) is 0 Å². The molecular weight excluding hydrogens is 330 g/mol. The van der Waals surface area contributed by atoms with E-state index in [1.165, 1.54) is 0 Å². The molecule has 1 aromatic rings. The molecule has 2 saturated heterocycles. The molecule has 24 heavy (non-hydrogen) atoms. The summed E-state index contributed by atoms with van der Waals surface area (Å²) >= 11 is 6.00. The molecule has 0 saturated carbocycles. The van der Waals surface area contributed by atoms with E-state index in [1.54, 1.807) is 9.80 Å². The third-order valence-corrected chi connectivity index (χ3v) is 4.69. The van der Waals surface area contributed by atoms with E-state index < -0.39 is 0 Å². The van der Waals surface area contributed by atoms with Gasteiger partial charge in [0, 0.05) is 18.1 Å². The van der Waals surface area contributed by atoms with E-state index in [-0.39, 0.29) is 24.1 Å². The SMILES string of the molecule is CN(C)CC(=O)N1C[C@@H]2OC(=O)N(CCc3cccc(Cl)c3)[C@@H]2C1. The Hall–Kier alpha value is -1.79. The quantitative estimate of drug-likeness (QED) is 0.806. The second kappa shape index (κ2) is 6.99. The Bertz CT molecular complexity index is 637. The van der Waals surface area contributed by atoms with Crippen molar-refractivity contribution >= 4 is 23.6 Å². The number of rotatable bonds is 5. The molecule has 130 valence electrons. The van der Waals surface area contributed by atoms with Gasteiger partial charge in [-0.1, -0.05) is 23.7 Å². The van der Waals surface area contributed by atoms with Gasteiger partial charge in [0.05, 0.1) is 19.1 Å². The lowest BCUT2D eigenvalue weighted by Gasteiger charge is -2.23. The van der Waals surface area contributed by atoms with Gasteiger partial charge in [-0.3, -0.25) is 9.69 Å². The molecular formula is C17H22ClN3O3. The van der Waals surface area contributed by atoms with Crippen molar-refractivity contribution in [3.05, 3.63) is 34.9 Å². The first-order valence-electron chi connectivity index (χ1n) is 8.08. The minimum absolute atomic E-state index is 0.0530. The summed E-state index contributed by atoms with van der Waals surface area (Å²) in [6, 6.07) is 7.58. The summed E-state index contributed by atoms with van der Waals surface area (Å²) in [6.07, 6.45) is 0.208. The molecule has 0 aromatic heterocycles. The number of likely N-dealkylation sites (tertiary alicyclic amines) is 1. The van der Waals surface area contributed by atoms with Crippen LogP contribution in [0.1, 0.15) is 5.56 Å². The minimum Gasteiger partial charge on any atom is -0.442 e. The van der Waals surface area contributed by atoms with E-state index in [0.29, 0.717) is 37.6 Å². The van der Waals surface area contributed by atoms with Gasteiger partial charge in [0.15, 0.2) is 0 Å². The zero-order valence-electron chi connectivity index (χ0n) is 13.9. The number of ether oxygens (including phenoxy) is 1. The van der Waals surface area contributed by atoms with Gasteiger partial charge >= 0.3 is 6.09 Å². The fourth-order valence-electron chi connectivity index (χ4n) is 3.28. The smallest absolute Gasteiger partial charge is 0.410 e. The number of carbonyl (C=O) groups is 2. The van der Waals surface area contributed by atoms with Crippen LogP contribution in [0.3, 0.4) is 0 Å². The molecule has 0 N–H and O–H groups in total. The molecule has 2 heterocycles. The summed E-state index contributed by atoms with van der Waals surface area (Å²) in [7, 11) is 3.73. The number of likely N-dealkylation sites (N-methyl/N-ethyl adjacent to an activating group) is 1. The molecule has 0 bridgehead atoms. The number of benzene rings is 1. The third-order valence-electron chi connectivity index (χ3n) is 4.46. The van der Waals surface area contributed by atoms with E-state index in [2.05, 4.69) is 0 Å². The van der Waals surface area contributed by atoms with Gasteiger partial charge in [0.1, 0.15) is 6.10 Å². The zero-order chi connectivity index (χ0) is 17.3. The molecule has 2 fully saturated rings. The Kier molecular flexibility index (Phi) is 4.96. The van der Waals surface area contributed by atoms with Crippen molar-refractivity contribution < 1.29 is 14.3 Å². The minimum atomic E-state index is -0.285. The number of amides is 2. The summed E-state index contributed by atoms with van der Waals surface area (Å²) in [5, 5.41) is 0.690. The number of hydrogen-bond acceptors (Lipinski definition) is 4. The Balaban J connectivity index is 1.60. The maximum atomic E-state index is 12.2. The van der Waals surface area contributed by atoms with E-state index >= 15 is 0 Å². The number of fused-ring (bicyclic) bond motifs is 1. The summed E-state index contributed by atoms with van der Waals surface area (Å²) < 4.78 is 5.45. The molecule has 2 aliphatic rings. The fraction of sp³-hybridized carbons (Fsp3) is 0.529. The van der Waals surface area contributed by atoms with Crippen LogP contribution >= 0.6 is 11.6 Å². The number of hydrogen-bond donors (Lipinski definition) is 0. The monoisotopic (exact) mass is 351 g/mol. The Morgan fingerprint density at radius 3 is 2.88 bits per heavy atom. The second-order valence-electron chi connectivity index (χ2n) is 6.60. The Morgan fingerprint density at radius 1 is 1.38 bits per heavy atom. The topological polar surface area (TPSA) is 53.1 Å². The predicted octanol–water partition coefficient (Wildman–Crippen LogP) is 1.48. The second-order valence-corrected chi connectivity index (χ2v) is 7.04. The first kappa shape index (κ1) is 17.0. The molecule has 0 spiro atoms. The standard InChI is InChI=1S/C17H22ClN3O3/c1-19(2)11-16(22)20-9-14-15(10-20)24-17(23)21(14)7-6-12-4-3-5-13(18)8-12/h3-5,8,14-15H,6-7,9-11H2,1-2H3/t14-,15+/m1/s1. The van der Waals surface area contributed by atoms with Gasteiger partial charge < -0.3 is 14.5 Å². The van der Waals surface area contributed by atoms with Gasteiger partial charge in [-0.25, -0.2) is 4.79 Å². The number of nitrogens with zero attached hydrogens (tertiary/aromatic N) is 3. The number of carbonyl (C=O) groups excluding carboxylic acids is 2. The van der Waals surface area contributed by atoms with Crippen LogP contribution in [-0.2, 0) is 16.0 Å². The van der Waals surface area contributed by atoms with Crippen LogP contribution < -0.4 is 0 Å². The highest BCUT2D eigenvalue weighted by atomic mass is 35.5. The van der Waals surface area contributed by atoms with Crippen LogP contribution in [0.2, 0.25) is 5.02 Å². The van der Waals surface area contributed by atoms with Crippen molar-refractivity contribution in [2.24, 2.45) is 0 Å². The van der Waals surface area contributed by atoms with E-state index in [0.717, 1.165) is 5.56 Å². The normalized spacial score (nSPS) is 22.9. The molecule has 6 nitrogen and oxygen atoms in total. The van der Waals surface area contributed by atoms with Gasteiger partial charge in [0.2, 0.25) is 5.91 Å². The summed E-state index contributed by atoms with van der Waals surface area (Å²) in [4.78, 5) is 29.7. The van der Waals surface area contributed by atoms with Crippen molar-refractivity contribution in [1.29, 1.82) is 0 Å². The van der Waals surface area contributed by atoms with E-state index in [1.807, 2.05) is 43.3 Å². The van der Waals surface area contributed by atoms with Gasteiger partial charge in [-0.2, -0.15) is 0 Å².